The Balaban J connectivity index is 1.69. The average molecular weight is 354 g/mol. The molecule has 1 heterocycles. The Morgan fingerprint density at radius 2 is 1.96 bits per heavy atom. The molecule has 2 aromatic carbocycles. The van der Waals surface area contributed by atoms with Gasteiger partial charge in [-0.2, -0.15) is 0 Å². The summed E-state index contributed by atoms with van der Waals surface area (Å²) in [4.78, 5) is 25.3. The molecule has 5 heteroatoms. The number of unbranched alkanes of at least 4 members (excludes halogenated alkanes) is 1. The van der Waals surface area contributed by atoms with Gasteiger partial charge in [0.25, 0.3) is 5.91 Å². The molecule has 1 atom stereocenters. The molecule has 0 radical (unpaired) electrons. The highest BCUT2D eigenvalue weighted by molar-refractivity contribution is 8.00. The van der Waals surface area contributed by atoms with Crippen molar-refractivity contribution in [3.8, 4) is 0 Å². The van der Waals surface area contributed by atoms with Crippen LogP contribution in [0.3, 0.4) is 0 Å². The van der Waals surface area contributed by atoms with Crippen molar-refractivity contribution < 1.29 is 9.59 Å². The van der Waals surface area contributed by atoms with Crippen molar-refractivity contribution in [3.05, 3.63) is 53.6 Å². The average Bonchev–Trinajstić information content (AvgIpc) is 2.61. The molecule has 0 saturated heterocycles. The smallest absolute Gasteiger partial charge is 0.255 e. The van der Waals surface area contributed by atoms with Crippen molar-refractivity contribution in [2.75, 3.05) is 10.6 Å². The molecule has 0 fully saturated rings. The van der Waals surface area contributed by atoms with Crippen LogP contribution in [0.1, 0.15) is 42.6 Å². The van der Waals surface area contributed by atoms with E-state index in [4.69, 9.17) is 0 Å². The van der Waals surface area contributed by atoms with E-state index in [1.807, 2.05) is 25.1 Å². The molecule has 130 valence electrons. The fraction of sp³-hybridized carbons (Fsp3) is 0.300. The lowest BCUT2D eigenvalue weighted by Crippen LogP contribution is -2.26. The third-order valence-electron chi connectivity index (χ3n) is 4.20. The van der Waals surface area contributed by atoms with E-state index in [2.05, 4.69) is 29.7 Å². The summed E-state index contributed by atoms with van der Waals surface area (Å²) in [5.74, 6) is -0.209. The number of thioether (sulfide) groups is 1. The van der Waals surface area contributed by atoms with E-state index < -0.39 is 0 Å². The van der Waals surface area contributed by atoms with Gasteiger partial charge in [-0.3, -0.25) is 9.59 Å². The highest BCUT2D eigenvalue weighted by Crippen LogP contribution is 2.36. The van der Waals surface area contributed by atoms with Crippen LogP contribution < -0.4 is 10.6 Å². The van der Waals surface area contributed by atoms with Gasteiger partial charge in [-0.1, -0.05) is 25.5 Å². The quantitative estimate of drug-likeness (QED) is 0.817. The Morgan fingerprint density at radius 1 is 1.20 bits per heavy atom. The van der Waals surface area contributed by atoms with Crippen molar-refractivity contribution in [1.29, 1.82) is 0 Å². The second-order valence-corrected chi connectivity index (χ2v) is 7.60. The van der Waals surface area contributed by atoms with Crippen LogP contribution in [0.2, 0.25) is 0 Å². The number of carbonyl (C=O) groups excluding carboxylic acids is 2. The second kappa shape index (κ2) is 7.74. The van der Waals surface area contributed by atoms with Gasteiger partial charge in [0.05, 0.1) is 10.9 Å². The van der Waals surface area contributed by atoms with Gasteiger partial charge in [0, 0.05) is 16.1 Å². The molecule has 2 amide bonds. The summed E-state index contributed by atoms with van der Waals surface area (Å²) in [6.07, 6.45) is 3.40. The first kappa shape index (κ1) is 17.5. The number of amides is 2. The predicted octanol–water partition coefficient (Wildman–Crippen LogP) is 4.71. The summed E-state index contributed by atoms with van der Waals surface area (Å²) in [7, 11) is 0. The molecule has 1 unspecified atom stereocenters. The maximum absolute atomic E-state index is 12.5. The third-order valence-corrected chi connectivity index (χ3v) is 5.38. The van der Waals surface area contributed by atoms with E-state index >= 15 is 0 Å². The van der Waals surface area contributed by atoms with Gasteiger partial charge < -0.3 is 10.6 Å². The molecule has 2 N–H and O–H groups in total. The fourth-order valence-electron chi connectivity index (χ4n) is 2.69. The van der Waals surface area contributed by atoms with Crippen LogP contribution in [0.4, 0.5) is 11.4 Å². The number of hydrogen-bond donors (Lipinski definition) is 2. The molecule has 1 aliphatic heterocycles. The molecule has 2 aromatic rings. The first-order valence-corrected chi connectivity index (χ1v) is 9.46. The monoisotopic (exact) mass is 354 g/mol. The van der Waals surface area contributed by atoms with Crippen LogP contribution in [0.5, 0.6) is 0 Å². The van der Waals surface area contributed by atoms with Crippen molar-refractivity contribution in [2.45, 2.75) is 43.3 Å². The number of rotatable bonds is 5. The highest BCUT2D eigenvalue weighted by Gasteiger charge is 2.23. The molecule has 0 aromatic heterocycles. The normalized spacial score (nSPS) is 16.1. The largest absolute Gasteiger partial charge is 0.324 e. The zero-order valence-corrected chi connectivity index (χ0v) is 15.3. The predicted molar refractivity (Wildman–Crippen MR) is 103 cm³/mol. The molecule has 0 aliphatic carbocycles. The van der Waals surface area contributed by atoms with Crippen LogP contribution in [0.25, 0.3) is 0 Å². The van der Waals surface area contributed by atoms with Crippen molar-refractivity contribution in [1.82, 2.24) is 0 Å². The standard InChI is InChI=1S/C20H22N2O2S/c1-3-4-5-14-6-9-16(10-7-14)21-20(24)15-8-11-18-17(12-15)22-19(23)13(2)25-18/h6-13H,3-5H2,1-2H3,(H,21,24)(H,22,23). The minimum atomic E-state index is -0.179. The lowest BCUT2D eigenvalue weighted by Gasteiger charge is -2.21. The van der Waals surface area contributed by atoms with Crippen molar-refractivity contribution >= 4 is 35.0 Å². The molecule has 3 rings (SSSR count). The first-order valence-electron chi connectivity index (χ1n) is 8.58. The fourth-order valence-corrected chi connectivity index (χ4v) is 3.62. The Bertz CT molecular complexity index is 787. The number of hydrogen-bond acceptors (Lipinski definition) is 3. The topological polar surface area (TPSA) is 58.2 Å². The van der Waals surface area contributed by atoms with Crippen molar-refractivity contribution in [3.63, 3.8) is 0 Å². The van der Waals surface area contributed by atoms with Gasteiger partial charge >= 0.3 is 0 Å². The summed E-state index contributed by atoms with van der Waals surface area (Å²) in [5, 5.41) is 5.65. The minimum absolute atomic E-state index is 0.0299. The zero-order chi connectivity index (χ0) is 17.8. The molecule has 4 nitrogen and oxygen atoms in total. The molecular formula is C20H22N2O2S. The Hall–Kier alpha value is -2.27. The van der Waals surface area contributed by atoms with E-state index in [-0.39, 0.29) is 17.1 Å². The van der Waals surface area contributed by atoms with E-state index in [1.165, 1.54) is 30.2 Å². The minimum Gasteiger partial charge on any atom is -0.324 e. The number of nitrogens with one attached hydrogen (secondary N) is 2. The van der Waals surface area contributed by atoms with Crippen LogP contribution in [0, 0.1) is 0 Å². The Labute approximate surface area is 152 Å². The number of aryl methyl sites for hydroxylation is 1. The number of fused-ring (bicyclic) bond motifs is 1. The number of benzene rings is 2. The van der Waals surface area contributed by atoms with Crippen molar-refractivity contribution in [2.24, 2.45) is 0 Å². The van der Waals surface area contributed by atoms with Crippen LogP contribution >= 0.6 is 11.8 Å². The summed E-state index contributed by atoms with van der Waals surface area (Å²) in [6, 6.07) is 13.4. The molecule has 1 aliphatic rings. The third kappa shape index (κ3) is 4.23. The molecular weight excluding hydrogens is 332 g/mol. The van der Waals surface area contributed by atoms with Crippen LogP contribution in [-0.2, 0) is 11.2 Å². The summed E-state index contributed by atoms with van der Waals surface area (Å²) < 4.78 is 0. The number of carbonyl (C=O) groups is 2. The van der Waals surface area contributed by atoms with E-state index in [0.29, 0.717) is 11.3 Å². The summed E-state index contributed by atoms with van der Waals surface area (Å²) in [6.45, 7) is 4.04. The van der Waals surface area contributed by atoms with Gasteiger partial charge in [-0.25, -0.2) is 0 Å². The first-order chi connectivity index (χ1) is 12.1. The summed E-state index contributed by atoms with van der Waals surface area (Å²) >= 11 is 1.51. The Kier molecular flexibility index (Phi) is 5.43. The van der Waals surface area contributed by atoms with E-state index in [1.54, 1.807) is 12.1 Å². The van der Waals surface area contributed by atoms with Crippen LogP contribution in [-0.4, -0.2) is 17.1 Å². The maximum atomic E-state index is 12.5. The molecule has 0 bridgehead atoms. The lowest BCUT2D eigenvalue weighted by molar-refractivity contribution is -0.115. The lowest BCUT2D eigenvalue weighted by atomic mass is 10.1. The number of anilines is 2. The zero-order valence-electron chi connectivity index (χ0n) is 14.5. The highest BCUT2D eigenvalue weighted by atomic mass is 32.2. The van der Waals surface area contributed by atoms with Gasteiger partial charge in [-0.15, -0.1) is 11.8 Å². The van der Waals surface area contributed by atoms with Gasteiger partial charge in [0.1, 0.15) is 0 Å². The van der Waals surface area contributed by atoms with E-state index in [0.717, 1.165) is 17.0 Å². The Morgan fingerprint density at radius 3 is 2.68 bits per heavy atom. The molecule has 25 heavy (non-hydrogen) atoms. The molecule has 0 saturated carbocycles. The van der Waals surface area contributed by atoms with Gasteiger partial charge in [0.15, 0.2) is 0 Å². The summed E-state index contributed by atoms with van der Waals surface area (Å²) in [5.41, 5.74) is 3.29. The van der Waals surface area contributed by atoms with Gasteiger partial charge in [0.2, 0.25) is 5.91 Å². The molecule has 0 spiro atoms. The van der Waals surface area contributed by atoms with Gasteiger partial charge in [-0.05, 0) is 55.7 Å². The maximum Gasteiger partial charge on any atom is 0.255 e. The van der Waals surface area contributed by atoms with E-state index in [9.17, 15) is 9.59 Å². The second-order valence-electron chi connectivity index (χ2n) is 6.21. The SMILES string of the molecule is CCCCc1ccc(NC(=O)c2ccc3c(c2)NC(=O)C(C)S3)cc1. The van der Waals surface area contributed by atoms with Crippen LogP contribution in [0.15, 0.2) is 47.4 Å².